The highest BCUT2D eigenvalue weighted by atomic mass is 79.9. The third-order valence-corrected chi connectivity index (χ3v) is 6.41. The number of amides is 1. The molecule has 1 N–H and O–H groups in total. The molecular formula is C24H13BrClF3N4O3S. The van der Waals surface area contributed by atoms with Gasteiger partial charge in [0.1, 0.15) is 15.3 Å². The maximum atomic E-state index is 13.2. The molecule has 37 heavy (non-hydrogen) atoms. The Morgan fingerprint density at radius 3 is 2.54 bits per heavy atom. The summed E-state index contributed by atoms with van der Waals surface area (Å²) in [6, 6.07) is 10.5. The maximum absolute atomic E-state index is 13.2. The second-order valence-electron chi connectivity index (χ2n) is 7.20. The molecule has 0 aliphatic heterocycles. The summed E-state index contributed by atoms with van der Waals surface area (Å²) in [5.41, 5.74) is -0.315. The lowest BCUT2D eigenvalue weighted by molar-refractivity contribution is -0.137. The Bertz CT molecular complexity index is 1560. The summed E-state index contributed by atoms with van der Waals surface area (Å²) in [7, 11) is 1.19. The second-order valence-corrected chi connectivity index (χ2v) is 9.47. The van der Waals surface area contributed by atoms with Gasteiger partial charge in [0.15, 0.2) is 5.82 Å². The first-order valence-corrected chi connectivity index (χ1v) is 12.1. The summed E-state index contributed by atoms with van der Waals surface area (Å²) in [6.45, 7) is 0. The average Bonchev–Trinajstić information content (AvgIpc) is 3.45. The van der Waals surface area contributed by atoms with Crippen LogP contribution in [0.1, 0.15) is 36.9 Å². The van der Waals surface area contributed by atoms with Gasteiger partial charge in [-0.3, -0.25) is 4.79 Å². The lowest BCUT2D eigenvalue weighted by atomic mass is 10.1. The Balaban J connectivity index is 1.64. The standard InChI is InChI=1S/C24H13BrClF3N4O3S/c1-36-23(35)16-11-15(9-6-13-4-7-14(8-5-13)24(27,28)29)37-22(16)31-21(34)18-12-19(25)32-33(18)20-17(26)3-2-10-30-20/h2-5,7-8,10-12H,1H3,(H,31,34). The molecule has 0 aliphatic rings. The van der Waals surface area contributed by atoms with Crippen LogP contribution in [0.2, 0.25) is 5.02 Å². The summed E-state index contributed by atoms with van der Waals surface area (Å²) in [4.78, 5) is 30.0. The fourth-order valence-corrected chi connectivity index (χ4v) is 4.53. The normalized spacial score (nSPS) is 11.0. The lowest BCUT2D eigenvalue weighted by Gasteiger charge is -2.08. The van der Waals surface area contributed by atoms with Crippen molar-refractivity contribution in [3.05, 3.63) is 91.6 Å². The highest BCUT2D eigenvalue weighted by molar-refractivity contribution is 9.10. The summed E-state index contributed by atoms with van der Waals surface area (Å²) in [5, 5.41) is 7.29. The number of methoxy groups -OCH3 is 1. The number of nitrogens with zero attached hydrogens (tertiary/aromatic N) is 3. The van der Waals surface area contributed by atoms with E-state index in [0.29, 0.717) is 15.0 Å². The molecule has 4 rings (SSSR count). The van der Waals surface area contributed by atoms with Crippen molar-refractivity contribution < 1.29 is 27.5 Å². The van der Waals surface area contributed by atoms with Crippen molar-refractivity contribution in [1.29, 1.82) is 0 Å². The van der Waals surface area contributed by atoms with E-state index >= 15 is 0 Å². The van der Waals surface area contributed by atoms with Gasteiger partial charge in [-0.2, -0.15) is 18.3 Å². The molecule has 3 aromatic heterocycles. The van der Waals surface area contributed by atoms with Gasteiger partial charge < -0.3 is 10.1 Å². The number of benzene rings is 1. The van der Waals surface area contributed by atoms with Crippen LogP contribution < -0.4 is 5.32 Å². The molecule has 188 valence electrons. The van der Waals surface area contributed by atoms with Gasteiger partial charge in [-0.15, -0.1) is 11.3 Å². The van der Waals surface area contributed by atoms with Crippen LogP contribution in [0.15, 0.2) is 59.3 Å². The number of alkyl halides is 3. The van der Waals surface area contributed by atoms with E-state index in [2.05, 4.69) is 43.2 Å². The Labute approximate surface area is 225 Å². The van der Waals surface area contributed by atoms with Crippen molar-refractivity contribution in [3.8, 4) is 17.7 Å². The molecule has 7 nitrogen and oxygen atoms in total. The van der Waals surface area contributed by atoms with E-state index in [1.165, 1.54) is 42.3 Å². The molecule has 0 saturated carbocycles. The van der Waals surface area contributed by atoms with Gasteiger partial charge in [-0.25, -0.2) is 14.5 Å². The minimum absolute atomic E-state index is 0.0542. The molecule has 0 atom stereocenters. The minimum atomic E-state index is -4.45. The first-order chi connectivity index (χ1) is 17.6. The number of anilines is 1. The first-order valence-electron chi connectivity index (χ1n) is 10.2. The van der Waals surface area contributed by atoms with Crippen LogP contribution in [0, 0.1) is 11.8 Å². The number of halogens is 5. The predicted molar refractivity (Wildman–Crippen MR) is 135 cm³/mol. The van der Waals surface area contributed by atoms with Crippen molar-refractivity contribution in [1.82, 2.24) is 14.8 Å². The zero-order valence-electron chi connectivity index (χ0n) is 18.6. The molecule has 1 amide bonds. The predicted octanol–water partition coefficient (Wildman–Crippen LogP) is 6.20. The highest BCUT2D eigenvalue weighted by Crippen LogP contribution is 2.31. The molecule has 0 bridgehead atoms. The van der Waals surface area contributed by atoms with Gasteiger partial charge in [0, 0.05) is 17.8 Å². The molecule has 4 aromatic rings. The van der Waals surface area contributed by atoms with E-state index < -0.39 is 23.6 Å². The number of hydrogen-bond donors (Lipinski definition) is 1. The van der Waals surface area contributed by atoms with E-state index in [4.69, 9.17) is 16.3 Å². The van der Waals surface area contributed by atoms with E-state index in [9.17, 15) is 22.8 Å². The molecule has 0 spiro atoms. The number of thiophene rings is 1. The van der Waals surface area contributed by atoms with Gasteiger partial charge >= 0.3 is 12.1 Å². The summed E-state index contributed by atoms with van der Waals surface area (Å²) < 4.78 is 44.7. The molecule has 1 aromatic carbocycles. The monoisotopic (exact) mass is 608 g/mol. The second kappa shape index (κ2) is 10.8. The molecule has 0 unspecified atom stereocenters. The van der Waals surface area contributed by atoms with Crippen LogP contribution in [-0.4, -0.2) is 33.8 Å². The van der Waals surface area contributed by atoms with Crippen LogP contribution in [0.25, 0.3) is 5.82 Å². The average molecular weight is 610 g/mol. The number of hydrogen-bond acceptors (Lipinski definition) is 6. The van der Waals surface area contributed by atoms with Gasteiger partial charge in [0.05, 0.1) is 28.1 Å². The van der Waals surface area contributed by atoms with Crippen molar-refractivity contribution in [2.75, 3.05) is 12.4 Å². The van der Waals surface area contributed by atoms with Crippen LogP contribution >= 0.6 is 38.9 Å². The number of carbonyl (C=O) groups excluding carboxylic acids is 2. The first kappa shape index (κ1) is 26.4. The van der Waals surface area contributed by atoms with Crippen LogP contribution in [-0.2, 0) is 10.9 Å². The summed E-state index contributed by atoms with van der Waals surface area (Å²) in [5.74, 6) is 4.44. The van der Waals surface area contributed by atoms with Crippen molar-refractivity contribution in [2.24, 2.45) is 0 Å². The molecule has 0 aliphatic carbocycles. The van der Waals surface area contributed by atoms with Gasteiger partial charge in [-0.1, -0.05) is 23.4 Å². The molecular weight excluding hydrogens is 597 g/mol. The van der Waals surface area contributed by atoms with Gasteiger partial charge in [0.2, 0.25) is 0 Å². The Kier molecular flexibility index (Phi) is 7.68. The summed E-state index contributed by atoms with van der Waals surface area (Å²) in [6.07, 6.45) is -2.95. The molecule has 0 saturated heterocycles. The summed E-state index contributed by atoms with van der Waals surface area (Å²) >= 11 is 10.4. The largest absolute Gasteiger partial charge is 0.465 e. The third kappa shape index (κ3) is 6.02. The number of rotatable bonds is 4. The van der Waals surface area contributed by atoms with Crippen molar-refractivity contribution in [2.45, 2.75) is 6.18 Å². The zero-order chi connectivity index (χ0) is 26.7. The number of carbonyl (C=O) groups is 2. The number of aromatic nitrogens is 3. The Morgan fingerprint density at radius 1 is 1.16 bits per heavy atom. The topological polar surface area (TPSA) is 86.1 Å². The fraction of sp³-hybridized carbons (Fsp3) is 0.0833. The van der Waals surface area contributed by atoms with E-state index in [0.717, 1.165) is 23.5 Å². The fourth-order valence-electron chi connectivity index (χ4n) is 3.06. The van der Waals surface area contributed by atoms with Crippen LogP contribution in [0.4, 0.5) is 18.2 Å². The molecule has 13 heteroatoms. The number of ether oxygens (including phenoxy) is 1. The van der Waals surface area contributed by atoms with E-state index in [-0.39, 0.29) is 27.1 Å². The zero-order valence-corrected chi connectivity index (χ0v) is 21.7. The van der Waals surface area contributed by atoms with E-state index in [1.807, 2.05) is 0 Å². The minimum Gasteiger partial charge on any atom is -0.465 e. The van der Waals surface area contributed by atoms with E-state index in [1.54, 1.807) is 12.1 Å². The highest BCUT2D eigenvalue weighted by Gasteiger charge is 2.30. The molecule has 0 fully saturated rings. The SMILES string of the molecule is COC(=O)c1cc(C#Cc2ccc(C(F)(F)F)cc2)sc1NC(=O)c1cc(Br)nn1-c1ncccc1Cl. The Morgan fingerprint density at radius 2 is 1.89 bits per heavy atom. The molecule has 0 radical (unpaired) electrons. The van der Waals surface area contributed by atoms with Gasteiger partial charge in [0.25, 0.3) is 5.91 Å². The number of pyridine rings is 1. The number of esters is 1. The maximum Gasteiger partial charge on any atom is 0.416 e. The van der Waals surface area contributed by atoms with Crippen molar-refractivity contribution >= 4 is 55.7 Å². The third-order valence-electron chi connectivity index (χ3n) is 4.76. The van der Waals surface area contributed by atoms with Crippen LogP contribution in [0.3, 0.4) is 0 Å². The van der Waals surface area contributed by atoms with Gasteiger partial charge in [-0.05, 0) is 58.4 Å². The Hall–Kier alpha value is -3.66. The smallest absolute Gasteiger partial charge is 0.416 e. The van der Waals surface area contributed by atoms with Crippen LogP contribution in [0.5, 0.6) is 0 Å². The number of nitrogens with one attached hydrogen (secondary N) is 1. The molecule has 3 heterocycles. The van der Waals surface area contributed by atoms with Crippen molar-refractivity contribution in [3.63, 3.8) is 0 Å². The quantitative estimate of drug-likeness (QED) is 0.220. The lowest BCUT2D eigenvalue weighted by Crippen LogP contribution is -2.18.